The van der Waals surface area contributed by atoms with Gasteiger partial charge < -0.3 is 37.0 Å². The fourth-order valence-corrected chi connectivity index (χ4v) is 8.13. The summed E-state index contributed by atoms with van der Waals surface area (Å²) in [5.41, 5.74) is 5.72. The Balaban J connectivity index is 1.23. The number of fused-ring (bicyclic) bond motifs is 18. The third-order valence-corrected chi connectivity index (χ3v) is 12.0. The maximum Gasteiger partial charge on any atom is 0.326 e. The summed E-state index contributed by atoms with van der Waals surface area (Å²) in [4.78, 5) is 101. The number of anilines is 1. The van der Waals surface area contributed by atoms with Gasteiger partial charge in [-0.3, -0.25) is 33.8 Å². The van der Waals surface area contributed by atoms with Crippen molar-refractivity contribution >= 4 is 47.1 Å². The number of hydrogen-bond donors (Lipinski definition) is 7. The first kappa shape index (κ1) is 49.4. The van der Waals surface area contributed by atoms with E-state index in [9.17, 15) is 38.7 Å². The van der Waals surface area contributed by atoms with Gasteiger partial charge in [-0.25, -0.2) is 4.79 Å². The molecule has 5 aromatic carbocycles. The molecule has 6 aromatic rings. The zero-order valence-electron chi connectivity index (χ0n) is 38.4. The Labute approximate surface area is 405 Å². The zero-order valence-corrected chi connectivity index (χ0v) is 38.4. The Bertz CT molecular complexity index is 2730. The first-order valence-corrected chi connectivity index (χ1v) is 23.2. The zero-order chi connectivity index (χ0) is 49.2. The predicted octanol–water partition coefficient (Wildman–Crippen LogP) is 4.89. The van der Waals surface area contributed by atoms with Crippen LogP contribution in [0.25, 0.3) is 11.1 Å². The molecule has 2 aliphatic heterocycles. The summed E-state index contributed by atoms with van der Waals surface area (Å²) >= 11 is 0. The number of hydrogen-bond acceptors (Lipinski definition) is 8. The van der Waals surface area contributed by atoms with Gasteiger partial charge in [0.05, 0.1) is 0 Å². The van der Waals surface area contributed by atoms with Crippen LogP contribution < -0.4 is 31.9 Å². The Kier molecular flexibility index (Phi) is 17.3. The molecule has 1 aromatic heterocycles. The number of aliphatic carboxylic acids is 1. The van der Waals surface area contributed by atoms with Crippen LogP contribution in [0.4, 0.5) is 5.69 Å². The average molecular weight is 942 g/mol. The third kappa shape index (κ3) is 14.8. The van der Waals surface area contributed by atoms with E-state index in [2.05, 4.69) is 36.9 Å². The molecule has 0 saturated carbocycles. The van der Waals surface area contributed by atoms with Crippen molar-refractivity contribution in [3.05, 3.63) is 192 Å². The summed E-state index contributed by atoms with van der Waals surface area (Å²) in [5.74, 6) is -5.19. The number of benzene rings is 5. The summed E-state index contributed by atoms with van der Waals surface area (Å²) in [6.45, 7) is 0. The van der Waals surface area contributed by atoms with E-state index in [1.54, 1.807) is 91.3 Å². The van der Waals surface area contributed by atoms with Gasteiger partial charge in [-0.15, -0.1) is 0 Å². The van der Waals surface area contributed by atoms with E-state index in [0.717, 1.165) is 16.7 Å². The van der Waals surface area contributed by atoms with Crippen molar-refractivity contribution in [2.45, 2.75) is 81.6 Å². The van der Waals surface area contributed by atoms with Crippen LogP contribution in [-0.2, 0) is 65.7 Å². The molecule has 358 valence electrons. The molecule has 7 N–H and O–H groups in total. The fraction of sp³-hybridized carbons (Fsp3) is 0.236. The van der Waals surface area contributed by atoms with E-state index < -0.39 is 71.6 Å². The molecule has 0 aliphatic carbocycles. The smallest absolute Gasteiger partial charge is 0.326 e. The molecular weight excluding hydrogens is 887 g/mol. The summed E-state index contributed by atoms with van der Waals surface area (Å²) in [6, 6.07) is 38.5. The number of carbonyl (C=O) groups excluding carboxylic acids is 6. The van der Waals surface area contributed by atoms with Crippen LogP contribution in [0.3, 0.4) is 0 Å². The molecule has 2 bridgehead atoms. The average Bonchev–Trinajstić information content (AvgIpc) is 3.37. The number of nitrogens with one attached hydrogen (secondary N) is 6. The van der Waals surface area contributed by atoms with Gasteiger partial charge in [-0.1, -0.05) is 127 Å². The molecule has 2 aliphatic rings. The van der Waals surface area contributed by atoms with Gasteiger partial charge >= 0.3 is 5.97 Å². The number of nitrogens with zero attached hydrogens (tertiary/aromatic N) is 1. The fourth-order valence-electron chi connectivity index (χ4n) is 8.13. The van der Waals surface area contributed by atoms with Crippen LogP contribution in [0.15, 0.2) is 164 Å². The van der Waals surface area contributed by atoms with Gasteiger partial charge in [-0.2, -0.15) is 0 Å². The molecule has 5 atom stereocenters. The second-order valence-electron chi connectivity index (χ2n) is 17.2. The normalized spacial score (nSPS) is 18.7. The standard InChI is InChI=1S/C55H55N7O8/c63-49-26-27-50(64)58-44(25-20-36-10-4-1-5-11-36)51(65)59-46(33-39-16-21-41(22-17-39)42-28-30-56-31-29-42)53(67)60-45(32-37-12-6-2-7-13-37)52(66)61-47(34-40-18-23-43(57-49)24-19-40)54(68)62-48(55(69)70)35-38-14-8-3-9-15-38/h1-19,21-24,28-31,44-48H,20,25-27,32-35H2,(H,57,63)(H,58,64)(H,59,65)(H,60,67)(H,61,66)(H,62,68)(H,69,70). The highest BCUT2D eigenvalue weighted by Crippen LogP contribution is 2.20. The molecule has 0 saturated heterocycles. The SMILES string of the molecule is O=C1CCC(=O)NC(CCc2ccccc2)C(=O)NC(Cc2ccc(-c3ccncc3)cc2)C(=O)NC(Cc2ccccc2)C(=O)NC(C(=O)NC(Cc2ccccc2)C(=O)O)Cc2ccc(cc2)N1. The highest BCUT2D eigenvalue weighted by Gasteiger charge is 2.33. The van der Waals surface area contributed by atoms with Crippen LogP contribution in [0.1, 0.15) is 47.1 Å². The van der Waals surface area contributed by atoms with E-state index in [-0.39, 0.29) is 44.9 Å². The van der Waals surface area contributed by atoms with E-state index >= 15 is 0 Å². The Morgan fingerprint density at radius 2 is 1.07 bits per heavy atom. The van der Waals surface area contributed by atoms with Crippen molar-refractivity contribution in [2.24, 2.45) is 0 Å². The minimum atomic E-state index is -1.35. The first-order chi connectivity index (χ1) is 33.9. The third-order valence-electron chi connectivity index (χ3n) is 12.0. The summed E-state index contributed by atoms with van der Waals surface area (Å²) in [6.07, 6.45) is 3.31. The molecule has 8 rings (SSSR count). The maximum atomic E-state index is 14.8. The molecule has 70 heavy (non-hydrogen) atoms. The minimum Gasteiger partial charge on any atom is -0.480 e. The molecule has 15 nitrogen and oxygen atoms in total. The van der Waals surface area contributed by atoms with Crippen molar-refractivity contribution in [3.63, 3.8) is 0 Å². The summed E-state index contributed by atoms with van der Waals surface area (Å²) < 4.78 is 0. The lowest BCUT2D eigenvalue weighted by Gasteiger charge is -2.27. The van der Waals surface area contributed by atoms with Crippen molar-refractivity contribution in [1.82, 2.24) is 31.6 Å². The lowest BCUT2D eigenvalue weighted by molar-refractivity contribution is -0.142. The topological polar surface area (TPSA) is 225 Å². The monoisotopic (exact) mass is 941 g/mol. The second-order valence-corrected chi connectivity index (χ2v) is 17.2. The molecule has 15 heteroatoms. The van der Waals surface area contributed by atoms with Gasteiger partial charge in [-0.05, 0) is 76.1 Å². The molecule has 0 spiro atoms. The number of carboxylic acid groups (broad SMARTS) is 1. The van der Waals surface area contributed by atoms with Crippen molar-refractivity contribution < 1.29 is 38.7 Å². The van der Waals surface area contributed by atoms with Crippen LogP contribution in [-0.4, -0.2) is 81.7 Å². The van der Waals surface area contributed by atoms with Gasteiger partial charge in [0, 0.05) is 56.6 Å². The highest BCUT2D eigenvalue weighted by molar-refractivity contribution is 5.97. The maximum absolute atomic E-state index is 14.8. The molecule has 0 fully saturated rings. The highest BCUT2D eigenvalue weighted by atomic mass is 16.4. The molecule has 6 amide bonds. The van der Waals surface area contributed by atoms with Crippen molar-refractivity contribution in [2.75, 3.05) is 5.32 Å². The lowest BCUT2D eigenvalue weighted by atomic mass is 9.98. The summed E-state index contributed by atoms with van der Waals surface area (Å²) in [5, 5.41) is 27.0. The van der Waals surface area contributed by atoms with E-state index in [4.69, 9.17) is 0 Å². The first-order valence-electron chi connectivity index (χ1n) is 23.2. The van der Waals surface area contributed by atoms with Crippen LogP contribution in [0.5, 0.6) is 0 Å². The molecule has 0 radical (unpaired) electrons. The number of pyridine rings is 1. The number of carbonyl (C=O) groups is 7. The molecule has 5 unspecified atom stereocenters. The number of carboxylic acids is 1. The number of amides is 6. The number of aromatic nitrogens is 1. The van der Waals surface area contributed by atoms with Crippen LogP contribution >= 0.6 is 0 Å². The van der Waals surface area contributed by atoms with Crippen LogP contribution in [0, 0.1) is 0 Å². The van der Waals surface area contributed by atoms with Gasteiger partial charge in [0.25, 0.3) is 0 Å². The quantitative estimate of drug-likeness (QED) is 0.0782. The Morgan fingerprint density at radius 1 is 0.557 bits per heavy atom. The van der Waals surface area contributed by atoms with Crippen LogP contribution in [0.2, 0.25) is 0 Å². The van der Waals surface area contributed by atoms with E-state index in [1.165, 1.54) is 0 Å². The summed E-state index contributed by atoms with van der Waals surface area (Å²) in [7, 11) is 0. The van der Waals surface area contributed by atoms with Crippen molar-refractivity contribution in [1.29, 1.82) is 0 Å². The second kappa shape index (κ2) is 24.5. The molecule has 3 heterocycles. The minimum absolute atomic E-state index is 0.0216. The number of aryl methyl sites for hydroxylation is 1. The lowest BCUT2D eigenvalue weighted by Crippen LogP contribution is -2.60. The largest absolute Gasteiger partial charge is 0.480 e. The van der Waals surface area contributed by atoms with Gasteiger partial charge in [0.15, 0.2) is 0 Å². The molecular formula is C55H55N7O8. The number of rotatable bonds is 13. The Morgan fingerprint density at radius 3 is 1.67 bits per heavy atom. The van der Waals surface area contributed by atoms with E-state index in [0.29, 0.717) is 34.4 Å². The Hall–Kier alpha value is -8.46. The van der Waals surface area contributed by atoms with Gasteiger partial charge in [0.2, 0.25) is 35.4 Å². The predicted molar refractivity (Wildman–Crippen MR) is 264 cm³/mol. The van der Waals surface area contributed by atoms with Gasteiger partial charge in [0.1, 0.15) is 30.2 Å². The van der Waals surface area contributed by atoms with E-state index in [1.807, 2.05) is 72.8 Å². The van der Waals surface area contributed by atoms with Crippen molar-refractivity contribution in [3.8, 4) is 11.1 Å².